The van der Waals surface area contributed by atoms with Gasteiger partial charge < -0.3 is 0 Å². The molecule has 0 radical (unpaired) electrons. The molecule has 44 heavy (non-hydrogen) atoms. The molecular weight excluding hydrogens is 528 g/mol. The van der Waals surface area contributed by atoms with Gasteiger partial charge in [0.05, 0.1) is 0 Å². The maximum atomic E-state index is 4.70. The first-order valence-corrected chi connectivity index (χ1v) is 19.2. The van der Waals surface area contributed by atoms with Gasteiger partial charge in [-0.3, -0.25) is 0 Å². The van der Waals surface area contributed by atoms with E-state index in [1.54, 1.807) is 11.1 Å². The highest BCUT2D eigenvalue weighted by molar-refractivity contribution is 5.37. The van der Waals surface area contributed by atoms with E-state index in [0.29, 0.717) is 47.3 Å². The van der Waals surface area contributed by atoms with E-state index in [4.69, 9.17) is 6.58 Å². The summed E-state index contributed by atoms with van der Waals surface area (Å²) in [5.74, 6) is 7.25. The molecule has 0 heteroatoms. The smallest absolute Gasteiger partial charge is 0.0103 e. The largest absolute Gasteiger partial charge is 0.0958 e. The summed E-state index contributed by atoms with van der Waals surface area (Å²) in [4.78, 5) is 0. The summed E-state index contributed by atoms with van der Waals surface area (Å²) < 4.78 is 0. The first kappa shape index (κ1) is 41.0. The molecule has 0 aromatic rings. The van der Waals surface area contributed by atoms with Gasteiger partial charge >= 0.3 is 0 Å². The van der Waals surface area contributed by atoms with Gasteiger partial charge in [-0.1, -0.05) is 145 Å². The van der Waals surface area contributed by atoms with E-state index < -0.39 is 0 Å². The van der Waals surface area contributed by atoms with E-state index in [-0.39, 0.29) is 0 Å². The van der Waals surface area contributed by atoms with Crippen LogP contribution in [0.1, 0.15) is 168 Å². The summed E-state index contributed by atoms with van der Waals surface area (Å²) in [6.07, 6.45) is 13.5. The van der Waals surface area contributed by atoms with Crippen molar-refractivity contribution in [1.82, 2.24) is 0 Å². The van der Waals surface area contributed by atoms with Gasteiger partial charge in [-0.2, -0.15) is 0 Å². The van der Waals surface area contributed by atoms with E-state index >= 15 is 0 Å². The van der Waals surface area contributed by atoms with Crippen molar-refractivity contribution in [3.63, 3.8) is 0 Å². The number of hydrogen-bond donors (Lipinski definition) is 0. The van der Waals surface area contributed by atoms with Crippen LogP contribution in [0.2, 0.25) is 0 Å². The summed E-state index contributed by atoms with van der Waals surface area (Å²) in [6.45, 7) is 45.9. The van der Waals surface area contributed by atoms with Crippen LogP contribution in [-0.2, 0) is 0 Å². The highest BCUT2D eigenvalue weighted by Gasteiger charge is 2.39. The second kappa shape index (κ2) is 19.6. The van der Waals surface area contributed by atoms with Crippen molar-refractivity contribution in [2.45, 2.75) is 168 Å². The zero-order valence-electron chi connectivity index (χ0n) is 32.8. The van der Waals surface area contributed by atoms with Crippen molar-refractivity contribution in [2.24, 2.45) is 65.1 Å². The third-order valence-corrected chi connectivity index (χ3v) is 11.9. The van der Waals surface area contributed by atoms with E-state index in [0.717, 1.165) is 17.8 Å². The lowest BCUT2D eigenvalue weighted by Crippen LogP contribution is -2.34. The average Bonchev–Trinajstić information content (AvgIpc) is 3.02. The summed E-state index contributed by atoms with van der Waals surface area (Å²) in [5, 5.41) is 0. The molecule has 1 aliphatic rings. The highest BCUT2D eigenvalue weighted by atomic mass is 14.4. The molecule has 1 aliphatic carbocycles. The molecule has 8 atom stereocenters. The van der Waals surface area contributed by atoms with Crippen LogP contribution in [0.5, 0.6) is 0 Å². The minimum Gasteiger partial charge on any atom is -0.0958 e. The summed E-state index contributed by atoms with van der Waals surface area (Å²) in [7, 11) is 0. The van der Waals surface area contributed by atoms with Gasteiger partial charge in [0, 0.05) is 0 Å². The normalized spacial score (nSPS) is 24.1. The monoisotopic (exact) mass is 609 g/mol. The van der Waals surface area contributed by atoms with Crippen molar-refractivity contribution >= 4 is 0 Å². The van der Waals surface area contributed by atoms with Crippen LogP contribution in [0.15, 0.2) is 46.6 Å². The van der Waals surface area contributed by atoms with Crippen LogP contribution in [0.4, 0.5) is 0 Å². The molecule has 0 aliphatic heterocycles. The molecule has 8 unspecified atom stereocenters. The molecule has 0 nitrogen and oxygen atoms in total. The molecule has 0 bridgehead atoms. The Kier molecular flexibility index (Phi) is 18.2. The molecule has 0 N–H and O–H groups in total. The van der Waals surface area contributed by atoms with E-state index in [1.807, 2.05) is 0 Å². The Labute approximate surface area is 279 Å². The summed E-state index contributed by atoms with van der Waals surface area (Å²) in [5.41, 5.74) is 9.06. The third kappa shape index (κ3) is 11.6. The van der Waals surface area contributed by atoms with E-state index in [9.17, 15) is 0 Å². The molecule has 256 valence electrons. The highest BCUT2D eigenvalue weighted by Crippen LogP contribution is 2.49. The number of hydrogen-bond acceptors (Lipinski definition) is 0. The Morgan fingerprint density at radius 3 is 1.77 bits per heavy atom. The minimum absolute atomic E-state index is 0.479. The van der Waals surface area contributed by atoms with Crippen molar-refractivity contribution in [1.29, 1.82) is 0 Å². The average molecular weight is 609 g/mol. The Balaban J connectivity index is 3.93. The van der Waals surface area contributed by atoms with Gasteiger partial charge in [0.25, 0.3) is 0 Å². The Bertz CT molecular complexity index is 931. The second-order valence-corrected chi connectivity index (χ2v) is 17.0. The first-order chi connectivity index (χ1) is 20.5. The number of allylic oxidation sites excluding steroid dienone is 6. The Morgan fingerprint density at radius 2 is 1.32 bits per heavy atom. The van der Waals surface area contributed by atoms with Crippen molar-refractivity contribution in [2.75, 3.05) is 0 Å². The van der Waals surface area contributed by atoms with Gasteiger partial charge in [0.1, 0.15) is 0 Å². The van der Waals surface area contributed by atoms with Crippen LogP contribution in [-0.4, -0.2) is 0 Å². The van der Waals surface area contributed by atoms with Crippen LogP contribution < -0.4 is 0 Å². The molecule has 0 aromatic carbocycles. The van der Waals surface area contributed by atoms with Crippen LogP contribution >= 0.6 is 0 Å². The maximum Gasteiger partial charge on any atom is -0.0103 e. The molecule has 0 heterocycles. The van der Waals surface area contributed by atoms with Crippen LogP contribution in [0, 0.1) is 65.1 Å². The summed E-state index contributed by atoms with van der Waals surface area (Å²) in [6, 6.07) is 0. The van der Waals surface area contributed by atoms with E-state index in [2.05, 4.69) is 110 Å². The molecule has 0 aromatic heterocycles. The fraction of sp³-hybridized carbons (Fsp3) is 0.818. The van der Waals surface area contributed by atoms with Crippen molar-refractivity contribution in [3.8, 4) is 0 Å². The quantitative estimate of drug-likeness (QED) is 0.153. The molecule has 0 amide bonds. The fourth-order valence-electron chi connectivity index (χ4n) is 9.12. The molecule has 0 saturated heterocycles. The summed E-state index contributed by atoms with van der Waals surface area (Å²) >= 11 is 0. The van der Waals surface area contributed by atoms with E-state index in [1.165, 1.54) is 86.5 Å². The first-order valence-electron chi connectivity index (χ1n) is 19.2. The van der Waals surface area contributed by atoms with Gasteiger partial charge in [0.15, 0.2) is 0 Å². The van der Waals surface area contributed by atoms with Gasteiger partial charge in [0.2, 0.25) is 0 Å². The molecule has 0 spiro atoms. The zero-order chi connectivity index (χ0) is 33.9. The van der Waals surface area contributed by atoms with Crippen LogP contribution in [0.25, 0.3) is 0 Å². The Morgan fingerprint density at radius 1 is 0.727 bits per heavy atom. The SMILES string of the molecule is C=C(C)C(=C(C)C)C(C(C)CC(C(=C(C)C(=C)C(C)C)C(CC(C)C)C(C)C)C(C)CC)C1CCCCC(C)CCC1CC. The molecule has 1 saturated carbocycles. The third-order valence-electron chi connectivity index (χ3n) is 11.9. The Hall–Kier alpha value is -1.04. The zero-order valence-corrected chi connectivity index (χ0v) is 32.8. The molecule has 1 rings (SSSR count). The lowest BCUT2D eigenvalue weighted by molar-refractivity contribution is 0.145. The maximum absolute atomic E-state index is 4.70. The van der Waals surface area contributed by atoms with Crippen molar-refractivity contribution < 1.29 is 0 Å². The molecule has 1 fully saturated rings. The van der Waals surface area contributed by atoms with Crippen molar-refractivity contribution in [3.05, 3.63) is 46.6 Å². The van der Waals surface area contributed by atoms with Crippen LogP contribution in [0.3, 0.4) is 0 Å². The topological polar surface area (TPSA) is 0 Å². The lowest BCUT2D eigenvalue weighted by Gasteiger charge is -2.43. The predicted octanol–water partition coefficient (Wildman–Crippen LogP) is 14.7. The molecular formula is C44H80. The van der Waals surface area contributed by atoms with Gasteiger partial charge in [-0.15, -0.1) is 0 Å². The fourth-order valence-corrected chi connectivity index (χ4v) is 9.12. The van der Waals surface area contributed by atoms with Gasteiger partial charge in [-0.05, 0) is 135 Å². The predicted molar refractivity (Wildman–Crippen MR) is 202 cm³/mol. The lowest BCUT2D eigenvalue weighted by atomic mass is 9.62. The number of rotatable bonds is 16. The standard InChI is InChI=1S/C44H80/c1-18-34(14)41(44(37(17)36(16)29(5)6)40(30(7)8)26-28(3)4)27-35(15)43(42(31(9)10)32(11)12)39-23-21-20-22-33(13)24-25-38(39)19-2/h28-30,33-35,38-41,43H,9,16,18-27H2,1-8,10-15,17H3. The minimum atomic E-state index is 0.479. The second-order valence-electron chi connectivity index (χ2n) is 17.0. The van der Waals surface area contributed by atoms with Gasteiger partial charge in [-0.25, -0.2) is 0 Å².